The minimum atomic E-state index is 0.603. The van der Waals surface area contributed by atoms with E-state index in [1.165, 1.54) is 0 Å². The number of nitrogens with zero attached hydrogens (tertiary/aromatic N) is 3. The number of benzene rings is 1. The molecule has 0 bridgehead atoms. The number of methoxy groups -OCH3 is 1. The van der Waals surface area contributed by atoms with E-state index in [1.54, 1.807) is 7.11 Å². The summed E-state index contributed by atoms with van der Waals surface area (Å²) in [6.45, 7) is 0.603. The summed E-state index contributed by atoms with van der Waals surface area (Å²) < 4.78 is 5.22. The summed E-state index contributed by atoms with van der Waals surface area (Å²) in [5.74, 6) is 1.70. The number of nitriles is 1. The Morgan fingerprint density at radius 2 is 2.21 bits per heavy atom. The van der Waals surface area contributed by atoms with Gasteiger partial charge >= 0.3 is 0 Å². The molecular weight excluding hydrogens is 238 g/mol. The van der Waals surface area contributed by atoms with Crippen molar-refractivity contribution < 1.29 is 4.74 Å². The molecule has 0 fully saturated rings. The molecule has 4 heteroatoms. The van der Waals surface area contributed by atoms with Gasteiger partial charge in [0.25, 0.3) is 0 Å². The molecule has 0 aliphatic carbocycles. The van der Waals surface area contributed by atoms with Crippen LogP contribution in [0.2, 0.25) is 0 Å². The van der Waals surface area contributed by atoms with Crippen LogP contribution in [-0.2, 0) is 0 Å². The Morgan fingerprint density at radius 1 is 1.37 bits per heavy atom. The monoisotopic (exact) mass is 251 g/mol. The maximum atomic E-state index is 9.03. The molecule has 4 nitrogen and oxygen atoms in total. The van der Waals surface area contributed by atoms with Crippen LogP contribution < -0.4 is 9.64 Å². The highest BCUT2D eigenvalue weighted by atomic mass is 16.5. The van der Waals surface area contributed by atoms with Crippen molar-refractivity contribution >= 4 is 22.8 Å². The smallest absolute Gasteiger partial charge is 0.136 e. The minimum Gasteiger partial charge on any atom is -0.497 e. The molecule has 94 valence electrons. The van der Waals surface area contributed by atoms with Crippen LogP contribution in [0.3, 0.4) is 0 Å². The molecule has 1 aliphatic rings. The average molecular weight is 251 g/mol. The fraction of sp³-hybridized carbons (Fsp3) is 0.200. The second-order valence-electron chi connectivity index (χ2n) is 4.60. The van der Waals surface area contributed by atoms with Gasteiger partial charge in [0.2, 0.25) is 0 Å². The molecule has 1 aromatic heterocycles. The van der Waals surface area contributed by atoms with E-state index < -0.39 is 0 Å². The zero-order valence-electron chi connectivity index (χ0n) is 10.8. The van der Waals surface area contributed by atoms with Crippen LogP contribution in [-0.4, -0.2) is 25.7 Å². The molecule has 0 amide bonds. The van der Waals surface area contributed by atoms with E-state index in [1.807, 2.05) is 36.2 Å². The van der Waals surface area contributed by atoms with Crippen LogP contribution in [0.5, 0.6) is 5.75 Å². The first kappa shape index (κ1) is 11.5. The van der Waals surface area contributed by atoms with Gasteiger partial charge in [-0.15, -0.1) is 0 Å². The number of rotatable bonds is 1. The van der Waals surface area contributed by atoms with Crippen molar-refractivity contribution in [2.75, 3.05) is 25.6 Å². The Kier molecular flexibility index (Phi) is 2.60. The average Bonchev–Trinajstić information content (AvgIpc) is 2.44. The summed E-state index contributed by atoms with van der Waals surface area (Å²) >= 11 is 0. The Bertz CT molecular complexity index is 728. The van der Waals surface area contributed by atoms with Crippen LogP contribution in [0, 0.1) is 11.3 Å². The number of ether oxygens (including phenoxy) is 1. The molecule has 3 rings (SSSR count). The van der Waals surface area contributed by atoms with E-state index in [2.05, 4.69) is 17.1 Å². The normalized spacial score (nSPS) is 13.7. The highest BCUT2D eigenvalue weighted by Gasteiger charge is 2.17. The lowest BCUT2D eigenvalue weighted by molar-refractivity contribution is 0.415. The van der Waals surface area contributed by atoms with E-state index in [0.717, 1.165) is 33.6 Å². The summed E-state index contributed by atoms with van der Waals surface area (Å²) in [4.78, 5) is 6.66. The lowest BCUT2D eigenvalue weighted by atomic mass is 10.0. The van der Waals surface area contributed by atoms with Gasteiger partial charge in [0.05, 0.1) is 25.2 Å². The summed E-state index contributed by atoms with van der Waals surface area (Å²) in [5.41, 5.74) is 2.64. The van der Waals surface area contributed by atoms with Crippen LogP contribution in [0.15, 0.2) is 29.8 Å². The lowest BCUT2D eigenvalue weighted by Gasteiger charge is -2.24. The van der Waals surface area contributed by atoms with E-state index >= 15 is 0 Å². The summed E-state index contributed by atoms with van der Waals surface area (Å²) in [7, 11) is 3.59. The Hall–Kier alpha value is -2.54. The van der Waals surface area contributed by atoms with Crippen LogP contribution in [0.4, 0.5) is 5.82 Å². The molecule has 0 unspecified atom stereocenters. The van der Waals surface area contributed by atoms with Crippen LogP contribution in [0.25, 0.3) is 17.0 Å². The molecule has 1 aromatic carbocycles. The Balaban J connectivity index is 2.23. The molecule has 0 spiro atoms. The molecule has 2 heterocycles. The van der Waals surface area contributed by atoms with Gasteiger partial charge in [0.1, 0.15) is 11.6 Å². The second kappa shape index (κ2) is 4.29. The molecule has 2 aromatic rings. The number of aromatic nitrogens is 1. The zero-order valence-corrected chi connectivity index (χ0v) is 10.8. The first-order chi connectivity index (χ1) is 9.21. The van der Waals surface area contributed by atoms with Gasteiger partial charge in [-0.05, 0) is 24.3 Å². The van der Waals surface area contributed by atoms with Crippen molar-refractivity contribution in [2.24, 2.45) is 0 Å². The van der Waals surface area contributed by atoms with Crippen molar-refractivity contribution in [3.63, 3.8) is 0 Å². The predicted octanol–water partition coefficient (Wildman–Crippen LogP) is 2.60. The van der Waals surface area contributed by atoms with Gasteiger partial charge in [-0.25, -0.2) is 4.98 Å². The van der Waals surface area contributed by atoms with Crippen LogP contribution >= 0.6 is 0 Å². The van der Waals surface area contributed by atoms with Crippen molar-refractivity contribution in [1.82, 2.24) is 4.98 Å². The highest BCUT2D eigenvalue weighted by Crippen LogP contribution is 2.30. The van der Waals surface area contributed by atoms with Crippen molar-refractivity contribution in [3.05, 3.63) is 35.4 Å². The molecule has 0 saturated heterocycles. The number of anilines is 1. The zero-order chi connectivity index (χ0) is 13.4. The van der Waals surface area contributed by atoms with Gasteiger partial charge in [0, 0.05) is 29.6 Å². The lowest BCUT2D eigenvalue weighted by Crippen LogP contribution is -2.24. The fourth-order valence-corrected chi connectivity index (χ4v) is 2.32. The van der Waals surface area contributed by atoms with Gasteiger partial charge in [-0.3, -0.25) is 0 Å². The predicted molar refractivity (Wildman–Crippen MR) is 75.2 cm³/mol. The van der Waals surface area contributed by atoms with Crippen molar-refractivity contribution in [2.45, 2.75) is 0 Å². The van der Waals surface area contributed by atoms with Crippen molar-refractivity contribution in [3.8, 4) is 11.8 Å². The topological polar surface area (TPSA) is 49.1 Å². The summed E-state index contributed by atoms with van der Waals surface area (Å²) in [5, 5.41) is 10.1. The molecule has 1 aliphatic heterocycles. The third-order valence-electron chi connectivity index (χ3n) is 3.28. The van der Waals surface area contributed by atoms with Gasteiger partial charge in [-0.2, -0.15) is 5.26 Å². The number of likely N-dealkylation sites (N-methyl/N-ethyl adjacent to an activating group) is 1. The molecule has 0 saturated carbocycles. The van der Waals surface area contributed by atoms with Crippen molar-refractivity contribution in [1.29, 1.82) is 5.26 Å². The quantitative estimate of drug-likeness (QED) is 0.781. The number of fused-ring (bicyclic) bond motifs is 2. The Morgan fingerprint density at radius 3 is 2.95 bits per heavy atom. The van der Waals surface area contributed by atoms with Gasteiger partial charge in [0.15, 0.2) is 0 Å². The first-order valence-corrected chi connectivity index (χ1v) is 6.02. The number of hydrogen-bond donors (Lipinski definition) is 0. The van der Waals surface area contributed by atoms with E-state index in [0.29, 0.717) is 6.54 Å². The Labute approximate surface area is 111 Å². The van der Waals surface area contributed by atoms with Crippen LogP contribution in [0.1, 0.15) is 5.56 Å². The molecule has 0 atom stereocenters. The first-order valence-electron chi connectivity index (χ1n) is 6.02. The molecule has 0 radical (unpaired) electrons. The SMILES string of the molecule is COc1ccc2cc3c(nc2c1)N(C)CC(C#N)=C3. The molecular formula is C15H13N3O. The van der Waals surface area contributed by atoms with E-state index in [4.69, 9.17) is 10.00 Å². The third kappa shape index (κ3) is 1.89. The number of hydrogen-bond acceptors (Lipinski definition) is 4. The molecule has 19 heavy (non-hydrogen) atoms. The second-order valence-corrected chi connectivity index (χ2v) is 4.60. The minimum absolute atomic E-state index is 0.603. The maximum absolute atomic E-state index is 9.03. The van der Waals surface area contributed by atoms with E-state index in [9.17, 15) is 0 Å². The largest absolute Gasteiger partial charge is 0.497 e. The molecule has 0 N–H and O–H groups in total. The highest BCUT2D eigenvalue weighted by molar-refractivity contribution is 5.87. The summed E-state index contributed by atoms with van der Waals surface area (Å²) in [6, 6.07) is 10.1. The third-order valence-corrected chi connectivity index (χ3v) is 3.28. The maximum Gasteiger partial charge on any atom is 0.136 e. The van der Waals surface area contributed by atoms with E-state index in [-0.39, 0.29) is 0 Å². The standard InChI is InChI=1S/C15H13N3O/c1-18-9-10(8-16)5-12-6-11-3-4-13(19-2)7-14(11)17-15(12)18/h3-7H,9H2,1-2H3. The fourth-order valence-electron chi connectivity index (χ4n) is 2.32. The summed E-state index contributed by atoms with van der Waals surface area (Å²) in [6.07, 6.45) is 1.91. The van der Waals surface area contributed by atoms with Gasteiger partial charge in [-0.1, -0.05) is 0 Å². The number of pyridine rings is 1. The van der Waals surface area contributed by atoms with Gasteiger partial charge < -0.3 is 9.64 Å².